The molecule has 2 heterocycles. The van der Waals surface area contributed by atoms with Crippen molar-refractivity contribution < 1.29 is 23.8 Å². The smallest absolute Gasteiger partial charge is 0.259 e. The van der Waals surface area contributed by atoms with Crippen LogP contribution in [0.5, 0.6) is 5.88 Å². The molecule has 7 nitrogen and oxygen atoms in total. The van der Waals surface area contributed by atoms with Crippen molar-refractivity contribution in [1.29, 1.82) is 0 Å². The van der Waals surface area contributed by atoms with E-state index in [0.29, 0.717) is 18.7 Å². The van der Waals surface area contributed by atoms with E-state index in [1.165, 1.54) is 19.2 Å². The molecule has 0 saturated carbocycles. The minimum Gasteiger partial charge on any atom is -0.472 e. The molecule has 0 fully saturated rings. The molecule has 3 rings (SSSR count). The van der Waals surface area contributed by atoms with Crippen LogP contribution in [0.15, 0.2) is 36.5 Å². The maximum absolute atomic E-state index is 13.9. The summed E-state index contributed by atoms with van der Waals surface area (Å²) in [6.45, 7) is 5.63. The van der Waals surface area contributed by atoms with Crippen molar-refractivity contribution in [3.63, 3.8) is 0 Å². The SMILES string of the molecule is CC(=O)N(C)C[C@H]1Oc2ncc(C#Cc3ccccc3F)cc2C(=O)N([C@H](C)CO)C[C@@H]1C. The number of pyridine rings is 1. The second kappa shape index (κ2) is 10.5. The molecule has 0 aliphatic carbocycles. The number of rotatable bonds is 4. The van der Waals surface area contributed by atoms with E-state index in [-0.39, 0.29) is 41.3 Å². The molecule has 0 saturated heterocycles. The number of aromatic nitrogens is 1. The van der Waals surface area contributed by atoms with Gasteiger partial charge in [0.1, 0.15) is 17.5 Å². The average molecular weight is 454 g/mol. The molecule has 1 N–H and O–H groups in total. The van der Waals surface area contributed by atoms with E-state index in [9.17, 15) is 19.1 Å². The van der Waals surface area contributed by atoms with Gasteiger partial charge in [0, 0.05) is 38.2 Å². The maximum Gasteiger partial charge on any atom is 0.259 e. The molecular weight excluding hydrogens is 425 g/mol. The van der Waals surface area contributed by atoms with Gasteiger partial charge in [0.15, 0.2) is 0 Å². The molecule has 1 aliphatic heterocycles. The third kappa shape index (κ3) is 5.68. The van der Waals surface area contributed by atoms with Gasteiger partial charge in [0.25, 0.3) is 5.91 Å². The van der Waals surface area contributed by atoms with E-state index < -0.39 is 18.0 Å². The lowest BCUT2D eigenvalue weighted by molar-refractivity contribution is -0.129. The molecule has 1 aromatic carbocycles. The Kier molecular flexibility index (Phi) is 7.67. The minimum absolute atomic E-state index is 0.100. The van der Waals surface area contributed by atoms with Crippen molar-refractivity contribution in [2.75, 3.05) is 26.7 Å². The Morgan fingerprint density at radius 1 is 1.39 bits per heavy atom. The van der Waals surface area contributed by atoms with Gasteiger partial charge in [-0.3, -0.25) is 9.59 Å². The van der Waals surface area contributed by atoms with Crippen LogP contribution in [0.25, 0.3) is 0 Å². The van der Waals surface area contributed by atoms with Gasteiger partial charge in [-0.2, -0.15) is 0 Å². The zero-order valence-electron chi connectivity index (χ0n) is 19.2. The highest BCUT2D eigenvalue weighted by molar-refractivity contribution is 5.97. The second-order valence-corrected chi connectivity index (χ2v) is 8.33. The van der Waals surface area contributed by atoms with E-state index >= 15 is 0 Å². The van der Waals surface area contributed by atoms with Crippen molar-refractivity contribution in [2.45, 2.75) is 32.9 Å². The van der Waals surface area contributed by atoms with Crippen LogP contribution >= 0.6 is 0 Å². The van der Waals surface area contributed by atoms with E-state index in [1.807, 2.05) is 6.92 Å². The number of halogens is 1. The molecule has 2 aromatic rings. The lowest BCUT2D eigenvalue weighted by atomic mass is 10.00. The van der Waals surface area contributed by atoms with E-state index in [1.54, 1.807) is 48.0 Å². The summed E-state index contributed by atoms with van der Waals surface area (Å²) >= 11 is 0. The molecule has 2 amide bonds. The Morgan fingerprint density at radius 3 is 2.79 bits per heavy atom. The fraction of sp³-hybridized carbons (Fsp3) is 0.400. The number of amides is 2. The quantitative estimate of drug-likeness (QED) is 0.719. The number of carbonyl (C=O) groups is 2. The first-order chi connectivity index (χ1) is 15.7. The van der Waals surface area contributed by atoms with Gasteiger partial charge in [-0.05, 0) is 25.1 Å². The summed E-state index contributed by atoms with van der Waals surface area (Å²) in [7, 11) is 1.69. The number of benzene rings is 1. The molecule has 0 bridgehead atoms. The van der Waals surface area contributed by atoms with Gasteiger partial charge < -0.3 is 19.6 Å². The van der Waals surface area contributed by atoms with Crippen molar-refractivity contribution in [3.05, 3.63) is 59.0 Å². The van der Waals surface area contributed by atoms with Crippen LogP contribution in [0.2, 0.25) is 0 Å². The molecular formula is C25H28FN3O4. The lowest BCUT2D eigenvalue weighted by Gasteiger charge is -2.37. The van der Waals surface area contributed by atoms with Crippen LogP contribution in [-0.4, -0.2) is 70.6 Å². The highest BCUT2D eigenvalue weighted by Gasteiger charge is 2.34. The summed E-state index contributed by atoms with van der Waals surface area (Å²) in [5.74, 6) is 4.76. The Morgan fingerprint density at radius 2 is 2.12 bits per heavy atom. The zero-order chi connectivity index (χ0) is 24.1. The fourth-order valence-electron chi connectivity index (χ4n) is 3.49. The van der Waals surface area contributed by atoms with Crippen molar-refractivity contribution >= 4 is 11.8 Å². The van der Waals surface area contributed by atoms with Gasteiger partial charge in [0.2, 0.25) is 11.8 Å². The summed E-state index contributed by atoms with van der Waals surface area (Å²) in [6, 6.07) is 7.31. The largest absolute Gasteiger partial charge is 0.472 e. The third-order valence-corrected chi connectivity index (χ3v) is 5.73. The number of nitrogens with zero attached hydrogens (tertiary/aromatic N) is 3. The van der Waals surface area contributed by atoms with Crippen molar-refractivity contribution in [3.8, 4) is 17.7 Å². The lowest BCUT2D eigenvalue weighted by Crippen LogP contribution is -2.50. The Labute approximate surface area is 193 Å². The van der Waals surface area contributed by atoms with Crippen molar-refractivity contribution in [1.82, 2.24) is 14.8 Å². The van der Waals surface area contributed by atoms with E-state index in [4.69, 9.17) is 4.74 Å². The Hall–Kier alpha value is -3.44. The summed E-state index contributed by atoms with van der Waals surface area (Å²) < 4.78 is 20.0. The number of likely N-dealkylation sites (N-methyl/N-ethyl adjacent to an activating group) is 1. The third-order valence-electron chi connectivity index (χ3n) is 5.73. The normalized spacial score (nSPS) is 18.7. The number of aliphatic hydroxyl groups excluding tert-OH is 1. The molecule has 0 radical (unpaired) electrons. The molecule has 33 heavy (non-hydrogen) atoms. The summed E-state index contributed by atoms with van der Waals surface area (Å²) in [4.78, 5) is 32.6. The topological polar surface area (TPSA) is 83.0 Å². The zero-order valence-corrected chi connectivity index (χ0v) is 19.2. The van der Waals surface area contributed by atoms with Crippen LogP contribution in [-0.2, 0) is 4.79 Å². The van der Waals surface area contributed by atoms with Crippen LogP contribution in [0.4, 0.5) is 4.39 Å². The molecule has 174 valence electrons. The number of hydrogen-bond acceptors (Lipinski definition) is 5. The summed E-state index contributed by atoms with van der Waals surface area (Å²) in [6.07, 6.45) is 1.06. The Balaban J connectivity index is 2.02. The minimum atomic E-state index is -0.432. The second-order valence-electron chi connectivity index (χ2n) is 8.33. The molecule has 0 spiro atoms. The van der Waals surface area contributed by atoms with Gasteiger partial charge in [0.05, 0.1) is 24.8 Å². The molecule has 1 aliphatic rings. The molecule has 3 atom stereocenters. The molecule has 8 heteroatoms. The number of aliphatic hydroxyl groups is 1. The maximum atomic E-state index is 13.9. The van der Waals surface area contributed by atoms with Crippen LogP contribution < -0.4 is 4.74 Å². The van der Waals surface area contributed by atoms with Gasteiger partial charge >= 0.3 is 0 Å². The van der Waals surface area contributed by atoms with Crippen LogP contribution in [0.1, 0.15) is 42.3 Å². The van der Waals surface area contributed by atoms with Gasteiger partial charge in [-0.1, -0.05) is 30.9 Å². The standard InChI is InChI=1S/C25H28FN3O4/c1-16-13-29(17(2)15-30)25(32)21-11-19(9-10-20-7-5-6-8-22(20)26)12-27-24(21)33-23(16)14-28(4)18(3)31/h5-8,11-12,16-17,23,30H,13-15H2,1-4H3/t16-,17+,23+/m0/s1. The fourth-order valence-corrected chi connectivity index (χ4v) is 3.49. The highest BCUT2D eigenvalue weighted by Crippen LogP contribution is 2.27. The number of carbonyl (C=O) groups excluding carboxylic acids is 2. The molecule has 0 unspecified atom stereocenters. The highest BCUT2D eigenvalue weighted by atomic mass is 19.1. The molecule has 1 aromatic heterocycles. The first-order valence-corrected chi connectivity index (χ1v) is 10.8. The van der Waals surface area contributed by atoms with E-state index in [2.05, 4.69) is 16.8 Å². The number of ether oxygens (including phenoxy) is 1. The monoisotopic (exact) mass is 453 g/mol. The first-order valence-electron chi connectivity index (χ1n) is 10.8. The van der Waals surface area contributed by atoms with Crippen LogP contribution in [0, 0.1) is 23.6 Å². The predicted octanol–water partition coefficient (Wildman–Crippen LogP) is 2.32. The van der Waals surface area contributed by atoms with Gasteiger partial charge in [-0.25, -0.2) is 9.37 Å². The number of hydrogen-bond donors (Lipinski definition) is 1. The number of fused-ring (bicyclic) bond motifs is 1. The summed E-state index contributed by atoms with van der Waals surface area (Å²) in [5, 5.41) is 9.72. The average Bonchev–Trinajstić information content (AvgIpc) is 2.80. The van der Waals surface area contributed by atoms with E-state index in [0.717, 1.165) is 0 Å². The van der Waals surface area contributed by atoms with Gasteiger partial charge in [-0.15, -0.1) is 0 Å². The van der Waals surface area contributed by atoms with Crippen LogP contribution in [0.3, 0.4) is 0 Å². The Bertz CT molecular complexity index is 1090. The summed E-state index contributed by atoms with van der Waals surface area (Å²) in [5.41, 5.74) is 0.873. The first kappa shape index (κ1) is 24.2. The predicted molar refractivity (Wildman–Crippen MR) is 121 cm³/mol. The van der Waals surface area contributed by atoms with Crippen molar-refractivity contribution in [2.24, 2.45) is 5.92 Å².